The maximum Gasteiger partial charge on any atom is 0.303 e. The molecule has 28 heavy (non-hydrogen) atoms. The largest absolute Gasteiger partial charge is 0.481 e. The Morgan fingerprint density at radius 2 is 1.89 bits per heavy atom. The van der Waals surface area contributed by atoms with Crippen LogP contribution in [0.5, 0.6) is 0 Å². The number of amides is 1. The van der Waals surface area contributed by atoms with Gasteiger partial charge in [0.25, 0.3) is 0 Å². The first-order chi connectivity index (χ1) is 13.3. The van der Waals surface area contributed by atoms with Crippen LogP contribution < -0.4 is 9.62 Å². The Morgan fingerprint density at radius 3 is 2.57 bits per heavy atom. The summed E-state index contributed by atoms with van der Waals surface area (Å²) in [5.41, 5.74) is 1.57. The number of carboxylic acids is 1. The lowest BCUT2D eigenvalue weighted by Crippen LogP contribution is -2.37. The lowest BCUT2D eigenvalue weighted by atomic mass is 9.88. The third kappa shape index (κ3) is 4.91. The molecule has 2 aliphatic rings. The molecule has 1 saturated carbocycles. The fourth-order valence-electron chi connectivity index (χ4n) is 4.00. The van der Waals surface area contributed by atoms with E-state index in [-0.39, 0.29) is 29.7 Å². The molecule has 7 nitrogen and oxygen atoms in total. The monoisotopic (exact) mass is 408 g/mol. The molecule has 0 saturated heterocycles. The summed E-state index contributed by atoms with van der Waals surface area (Å²) in [4.78, 5) is 24.8. The van der Waals surface area contributed by atoms with Crippen LogP contribution in [0, 0.1) is 5.92 Å². The number of benzene rings is 1. The molecule has 0 atom stereocenters. The van der Waals surface area contributed by atoms with Gasteiger partial charge in [-0.05, 0) is 68.2 Å². The molecule has 1 amide bonds. The second-order valence-electron chi connectivity index (χ2n) is 7.91. The van der Waals surface area contributed by atoms with Crippen molar-refractivity contribution in [1.82, 2.24) is 4.72 Å². The summed E-state index contributed by atoms with van der Waals surface area (Å²) in [6, 6.07) is 4.89. The van der Waals surface area contributed by atoms with Gasteiger partial charge in [-0.25, -0.2) is 13.1 Å². The first kappa shape index (κ1) is 20.8. The highest BCUT2D eigenvalue weighted by Gasteiger charge is 2.28. The molecule has 1 fully saturated rings. The van der Waals surface area contributed by atoms with Gasteiger partial charge in [0.2, 0.25) is 15.9 Å². The van der Waals surface area contributed by atoms with Crippen molar-refractivity contribution in [2.75, 3.05) is 11.4 Å². The molecule has 0 aromatic heterocycles. The average Bonchev–Trinajstić information content (AvgIpc) is 3.06. The van der Waals surface area contributed by atoms with Gasteiger partial charge in [-0.3, -0.25) is 9.59 Å². The number of hydrogen-bond acceptors (Lipinski definition) is 4. The van der Waals surface area contributed by atoms with Crippen LogP contribution in [-0.4, -0.2) is 38.0 Å². The summed E-state index contributed by atoms with van der Waals surface area (Å²) < 4.78 is 28.3. The van der Waals surface area contributed by atoms with E-state index in [1.165, 1.54) is 0 Å². The van der Waals surface area contributed by atoms with E-state index in [4.69, 9.17) is 5.11 Å². The van der Waals surface area contributed by atoms with E-state index in [2.05, 4.69) is 11.6 Å². The van der Waals surface area contributed by atoms with E-state index in [0.29, 0.717) is 25.3 Å². The Morgan fingerprint density at radius 1 is 1.18 bits per heavy atom. The average molecular weight is 409 g/mol. The van der Waals surface area contributed by atoms with Crippen molar-refractivity contribution < 1.29 is 23.1 Å². The van der Waals surface area contributed by atoms with Gasteiger partial charge in [-0.2, -0.15) is 0 Å². The zero-order valence-electron chi connectivity index (χ0n) is 16.2. The normalized spacial score (nSPS) is 22.1. The number of sulfonamides is 1. The minimum atomic E-state index is -3.58. The third-order valence-electron chi connectivity index (χ3n) is 5.68. The first-order valence-electron chi connectivity index (χ1n) is 9.93. The van der Waals surface area contributed by atoms with Crippen molar-refractivity contribution >= 4 is 27.6 Å². The Balaban J connectivity index is 1.66. The number of anilines is 1. The molecule has 1 aliphatic heterocycles. The molecule has 1 aromatic rings. The first-order valence-corrected chi connectivity index (χ1v) is 11.4. The topological polar surface area (TPSA) is 104 Å². The van der Waals surface area contributed by atoms with Gasteiger partial charge in [0.1, 0.15) is 0 Å². The number of rotatable bonds is 7. The molecule has 0 bridgehead atoms. The quantitative estimate of drug-likeness (QED) is 0.722. The van der Waals surface area contributed by atoms with Gasteiger partial charge in [-0.15, -0.1) is 0 Å². The number of nitrogens with one attached hydrogen (secondary N) is 1. The van der Waals surface area contributed by atoms with Gasteiger partial charge in [0, 0.05) is 31.1 Å². The molecule has 8 heteroatoms. The number of fused-ring (bicyclic) bond motifs is 1. The Hall–Kier alpha value is -1.93. The lowest BCUT2D eigenvalue weighted by Gasteiger charge is -2.26. The predicted octanol–water partition coefficient (Wildman–Crippen LogP) is 2.69. The molecule has 0 radical (unpaired) electrons. The van der Waals surface area contributed by atoms with Crippen molar-refractivity contribution in [2.24, 2.45) is 5.92 Å². The van der Waals surface area contributed by atoms with Crippen molar-refractivity contribution in [3.05, 3.63) is 23.8 Å². The molecule has 0 spiro atoms. The summed E-state index contributed by atoms with van der Waals surface area (Å²) >= 11 is 0. The van der Waals surface area contributed by atoms with Crippen LogP contribution in [0.25, 0.3) is 0 Å². The van der Waals surface area contributed by atoms with E-state index >= 15 is 0 Å². The van der Waals surface area contributed by atoms with E-state index in [9.17, 15) is 18.0 Å². The molecule has 2 N–H and O–H groups in total. The SMILES string of the molecule is CC1CCC(NS(=O)(=O)c2ccc3c(c2)CCN3C(=O)CCCC(=O)O)CC1. The maximum absolute atomic E-state index is 12.8. The van der Waals surface area contributed by atoms with Gasteiger partial charge >= 0.3 is 5.97 Å². The number of aliphatic carboxylic acids is 1. The summed E-state index contributed by atoms with van der Waals surface area (Å²) in [5, 5.41) is 8.70. The highest BCUT2D eigenvalue weighted by atomic mass is 32.2. The standard InChI is InChI=1S/C20H28N2O5S/c1-14-5-7-16(8-6-14)21-28(26,27)17-9-10-18-15(13-17)11-12-22(18)19(23)3-2-4-20(24)25/h9-10,13-14,16,21H,2-8,11-12H2,1H3,(H,24,25). The van der Waals surface area contributed by atoms with Crippen molar-refractivity contribution in [2.45, 2.75) is 69.2 Å². The van der Waals surface area contributed by atoms with Crippen LogP contribution in [0.3, 0.4) is 0 Å². The predicted molar refractivity (Wildman–Crippen MR) is 106 cm³/mol. The van der Waals surface area contributed by atoms with Gasteiger partial charge < -0.3 is 10.0 Å². The zero-order chi connectivity index (χ0) is 20.3. The summed E-state index contributed by atoms with van der Waals surface area (Å²) in [5.74, 6) is -0.380. The number of nitrogens with zero attached hydrogens (tertiary/aromatic N) is 1. The molecule has 1 aliphatic carbocycles. The smallest absolute Gasteiger partial charge is 0.303 e. The lowest BCUT2D eigenvalue weighted by molar-refractivity contribution is -0.137. The summed E-state index contributed by atoms with van der Waals surface area (Å²) in [6.07, 6.45) is 4.85. The van der Waals surface area contributed by atoms with Crippen molar-refractivity contribution in [3.8, 4) is 0 Å². The van der Waals surface area contributed by atoms with Crippen LogP contribution in [-0.2, 0) is 26.0 Å². The Kier molecular flexibility index (Phi) is 6.40. The summed E-state index contributed by atoms with van der Waals surface area (Å²) in [7, 11) is -3.58. The molecular formula is C20H28N2O5S. The minimum absolute atomic E-state index is 0.0123. The number of hydrogen-bond donors (Lipinski definition) is 2. The molecule has 154 valence electrons. The zero-order valence-corrected chi connectivity index (χ0v) is 17.0. The van der Waals surface area contributed by atoms with Crippen molar-refractivity contribution in [3.63, 3.8) is 0 Å². The van der Waals surface area contributed by atoms with E-state index in [0.717, 1.165) is 36.9 Å². The van der Waals surface area contributed by atoms with E-state index in [1.54, 1.807) is 23.1 Å². The minimum Gasteiger partial charge on any atom is -0.481 e. The van der Waals surface area contributed by atoms with Gasteiger partial charge in [0.05, 0.1) is 4.90 Å². The Bertz CT molecular complexity index is 844. The van der Waals surface area contributed by atoms with Crippen molar-refractivity contribution in [1.29, 1.82) is 0 Å². The molecule has 1 heterocycles. The summed E-state index contributed by atoms with van der Waals surface area (Å²) in [6.45, 7) is 2.69. The molecule has 3 rings (SSSR count). The van der Waals surface area contributed by atoms with E-state index < -0.39 is 16.0 Å². The highest BCUT2D eigenvalue weighted by Crippen LogP contribution is 2.31. The fourth-order valence-corrected chi connectivity index (χ4v) is 5.35. The van der Waals surface area contributed by atoms with Crippen LogP contribution in [0.1, 0.15) is 57.4 Å². The second-order valence-corrected chi connectivity index (χ2v) is 9.63. The second kappa shape index (κ2) is 8.61. The maximum atomic E-state index is 12.8. The fraction of sp³-hybridized carbons (Fsp3) is 0.600. The number of carbonyl (C=O) groups is 2. The number of carbonyl (C=O) groups excluding carboxylic acids is 1. The highest BCUT2D eigenvalue weighted by molar-refractivity contribution is 7.89. The molecular weight excluding hydrogens is 380 g/mol. The molecule has 1 aromatic carbocycles. The van der Waals surface area contributed by atoms with Crippen LogP contribution >= 0.6 is 0 Å². The number of carboxylic acid groups (broad SMARTS) is 1. The van der Waals surface area contributed by atoms with Gasteiger partial charge in [0.15, 0.2) is 0 Å². The van der Waals surface area contributed by atoms with Crippen LogP contribution in [0.4, 0.5) is 5.69 Å². The van der Waals surface area contributed by atoms with Gasteiger partial charge in [-0.1, -0.05) is 6.92 Å². The van der Waals surface area contributed by atoms with Crippen LogP contribution in [0.2, 0.25) is 0 Å². The molecule has 0 unspecified atom stereocenters. The van der Waals surface area contributed by atoms with Crippen LogP contribution in [0.15, 0.2) is 23.1 Å². The Labute approximate surface area is 166 Å². The van der Waals surface area contributed by atoms with E-state index in [1.807, 2.05) is 0 Å². The third-order valence-corrected chi connectivity index (χ3v) is 7.19.